The summed E-state index contributed by atoms with van der Waals surface area (Å²) in [4.78, 5) is 36.3. The topological polar surface area (TPSA) is 81.7 Å². The number of carbonyl (C=O) groups excluding carboxylic acids is 3. The molecule has 0 saturated carbocycles. The quantitative estimate of drug-likeness (QED) is 0.176. The molecule has 0 bridgehead atoms. The maximum atomic E-state index is 12.3. The number of rotatable bonds is 10. The van der Waals surface area contributed by atoms with Gasteiger partial charge in [-0.2, -0.15) is 0 Å². The fourth-order valence-electron chi connectivity index (χ4n) is 3.05. The van der Waals surface area contributed by atoms with Crippen molar-refractivity contribution < 1.29 is 23.9 Å². The zero-order chi connectivity index (χ0) is 24.3. The van der Waals surface area contributed by atoms with Gasteiger partial charge in [-0.25, -0.2) is 9.59 Å². The molecule has 0 saturated heterocycles. The Kier molecular flexibility index (Phi) is 10.9. The van der Waals surface area contributed by atoms with E-state index in [0.717, 1.165) is 5.57 Å². The summed E-state index contributed by atoms with van der Waals surface area (Å²) in [6, 6.07) is -0.758. The lowest BCUT2D eigenvalue weighted by Gasteiger charge is -2.29. The Hall–Kier alpha value is -2.89. The van der Waals surface area contributed by atoms with Crippen molar-refractivity contribution >= 4 is 17.8 Å². The number of hydrogen-bond donors (Lipinski definition) is 1. The van der Waals surface area contributed by atoms with Crippen molar-refractivity contribution in [1.29, 1.82) is 0 Å². The number of ether oxygens (including phenoxy) is 2. The summed E-state index contributed by atoms with van der Waals surface area (Å²) in [5, 5.41) is 2.73. The summed E-state index contributed by atoms with van der Waals surface area (Å²) in [5.41, 5.74) is 1.15. The van der Waals surface area contributed by atoms with Crippen LogP contribution in [0.25, 0.3) is 0 Å². The normalized spacial score (nSPS) is 19.3. The third kappa shape index (κ3) is 9.50. The molecule has 6 heteroatoms. The lowest BCUT2D eigenvalue weighted by Crippen LogP contribution is -2.49. The van der Waals surface area contributed by atoms with E-state index in [0.29, 0.717) is 18.4 Å². The Balaban J connectivity index is 2.64. The van der Waals surface area contributed by atoms with E-state index in [9.17, 15) is 14.4 Å². The van der Waals surface area contributed by atoms with Crippen LogP contribution in [0, 0.1) is 11.3 Å². The van der Waals surface area contributed by atoms with Crippen molar-refractivity contribution in [3.8, 4) is 0 Å². The summed E-state index contributed by atoms with van der Waals surface area (Å²) >= 11 is 0. The lowest BCUT2D eigenvalue weighted by molar-refractivity contribution is -0.150. The molecule has 176 valence electrons. The summed E-state index contributed by atoms with van der Waals surface area (Å²) < 4.78 is 10.7. The molecule has 1 rings (SSSR count). The summed E-state index contributed by atoms with van der Waals surface area (Å²) in [7, 11) is 0. The average molecular weight is 444 g/mol. The van der Waals surface area contributed by atoms with E-state index in [-0.39, 0.29) is 30.5 Å². The van der Waals surface area contributed by atoms with E-state index in [1.165, 1.54) is 6.08 Å². The van der Waals surface area contributed by atoms with Gasteiger partial charge in [0.25, 0.3) is 0 Å². The molecule has 0 aromatic rings. The van der Waals surface area contributed by atoms with Gasteiger partial charge in [0.05, 0.1) is 6.61 Å². The predicted molar refractivity (Wildman–Crippen MR) is 127 cm³/mol. The molecule has 32 heavy (non-hydrogen) atoms. The van der Waals surface area contributed by atoms with Crippen LogP contribution in [0.15, 0.2) is 60.3 Å². The van der Waals surface area contributed by atoms with Gasteiger partial charge in [0.2, 0.25) is 5.91 Å². The number of hydrogen-bond acceptors (Lipinski definition) is 5. The smallest absolute Gasteiger partial charge is 0.333 e. The van der Waals surface area contributed by atoms with Crippen LogP contribution >= 0.6 is 0 Å². The van der Waals surface area contributed by atoms with Gasteiger partial charge in [0.15, 0.2) is 0 Å². The van der Waals surface area contributed by atoms with Crippen molar-refractivity contribution in [2.45, 2.75) is 66.5 Å². The van der Waals surface area contributed by atoms with E-state index in [1.54, 1.807) is 25.2 Å². The van der Waals surface area contributed by atoms with Crippen LogP contribution in [0.5, 0.6) is 0 Å². The largest absolute Gasteiger partial charge is 0.464 e. The molecule has 0 aliphatic carbocycles. The summed E-state index contributed by atoms with van der Waals surface area (Å²) in [6.45, 7) is 15.1. The predicted octanol–water partition coefficient (Wildman–Crippen LogP) is 4.59. The minimum Gasteiger partial charge on any atom is -0.464 e. The molecule has 3 atom stereocenters. The highest BCUT2D eigenvalue weighted by molar-refractivity contribution is 5.92. The Morgan fingerprint density at radius 2 is 1.97 bits per heavy atom. The number of carbonyl (C=O) groups is 3. The van der Waals surface area contributed by atoms with Crippen molar-refractivity contribution in [1.82, 2.24) is 5.32 Å². The zero-order valence-corrected chi connectivity index (χ0v) is 20.1. The molecule has 1 heterocycles. The second-order valence-corrected chi connectivity index (χ2v) is 9.11. The number of nitrogens with one attached hydrogen (secondary N) is 1. The summed E-state index contributed by atoms with van der Waals surface area (Å²) in [6.07, 6.45) is 13.3. The first-order valence-electron chi connectivity index (χ1n) is 10.9. The highest BCUT2D eigenvalue weighted by Gasteiger charge is 2.33. The fourth-order valence-corrected chi connectivity index (χ4v) is 3.05. The summed E-state index contributed by atoms with van der Waals surface area (Å²) in [5.74, 6) is -1.03. The van der Waals surface area contributed by atoms with E-state index < -0.39 is 17.4 Å². The van der Waals surface area contributed by atoms with Gasteiger partial charge >= 0.3 is 11.9 Å². The molecule has 0 aromatic heterocycles. The van der Waals surface area contributed by atoms with E-state index >= 15 is 0 Å². The number of amides is 1. The van der Waals surface area contributed by atoms with Gasteiger partial charge in [-0.05, 0) is 25.7 Å². The average Bonchev–Trinajstić information content (AvgIpc) is 2.70. The lowest BCUT2D eigenvalue weighted by atomic mass is 9.86. The standard InChI is InChI=1S/C26H37NO5/c1-8-9-16-31-25(30)23(26(5,6)7)27-22(28)13-11-10-12-18(2)17-20(4)21-15-14-19(3)24(29)32-21/h8,10-14,17,20-21,23H,1,9,15-16H2,2-7H3,(H,27,28)/b12-10-,13-11-,18-17+/t20-,21-,23+/m0/s1. The molecule has 1 aliphatic heterocycles. The molecule has 1 aliphatic rings. The van der Waals surface area contributed by atoms with Crippen LogP contribution in [0.4, 0.5) is 0 Å². The van der Waals surface area contributed by atoms with E-state index in [4.69, 9.17) is 9.47 Å². The van der Waals surface area contributed by atoms with Crippen LogP contribution < -0.4 is 5.32 Å². The Morgan fingerprint density at radius 1 is 1.31 bits per heavy atom. The maximum absolute atomic E-state index is 12.3. The number of esters is 2. The van der Waals surface area contributed by atoms with E-state index in [2.05, 4.69) is 11.9 Å². The minimum absolute atomic E-state index is 0.0693. The molecule has 0 fully saturated rings. The first-order chi connectivity index (χ1) is 15.0. The van der Waals surface area contributed by atoms with Crippen molar-refractivity contribution in [2.75, 3.05) is 6.61 Å². The number of cyclic esters (lactones) is 1. The SMILES string of the molecule is C=CCCOC(=O)[C@@H](NC(=O)\C=C/C=C\C(C)=C\[C@H](C)[C@@H]1CC=C(C)C(=O)O1)C(C)(C)C. The van der Waals surface area contributed by atoms with Crippen molar-refractivity contribution in [3.63, 3.8) is 0 Å². The molecule has 1 N–H and O–H groups in total. The van der Waals surface area contributed by atoms with Crippen LogP contribution in [-0.4, -0.2) is 36.6 Å². The van der Waals surface area contributed by atoms with Gasteiger partial charge in [0.1, 0.15) is 12.1 Å². The fraction of sp³-hybridized carbons (Fsp3) is 0.500. The Morgan fingerprint density at radius 3 is 2.56 bits per heavy atom. The van der Waals surface area contributed by atoms with Crippen LogP contribution in [-0.2, 0) is 23.9 Å². The van der Waals surface area contributed by atoms with E-state index in [1.807, 2.05) is 52.8 Å². The first-order valence-corrected chi connectivity index (χ1v) is 10.9. The monoisotopic (exact) mass is 443 g/mol. The van der Waals surface area contributed by atoms with Crippen molar-refractivity contribution in [2.24, 2.45) is 11.3 Å². The highest BCUT2D eigenvalue weighted by Crippen LogP contribution is 2.22. The Bertz CT molecular complexity index is 811. The third-order valence-corrected chi connectivity index (χ3v) is 5.02. The molecule has 1 amide bonds. The maximum Gasteiger partial charge on any atom is 0.333 e. The third-order valence-electron chi connectivity index (χ3n) is 5.02. The van der Waals surface area contributed by atoms with Gasteiger partial charge in [-0.3, -0.25) is 4.79 Å². The Labute approximate surface area is 192 Å². The van der Waals surface area contributed by atoms with Crippen molar-refractivity contribution in [3.05, 3.63) is 60.3 Å². The van der Waals surface area contributed by atoms with Gasteiger partial charge in [0, 0.05) is 24.0 Å². The van der Waals surface area contributed by atoms with Gasteiger partial charge in [-0.15, -0.1) is 6.58 Å². The van der Waals surface area contributed by atoms with Crippen LogP contribution in [0.2, 0.25) is 0 Å². The number of allylic oxidation sites excluding steroid dienone is 4. The van der Waals surface area contributed by atoms with Gasteiger partial charge < -0.3 is 14.8 Å². The van der Waals surface area contributed by atoms with Crippen LogP contribution in [0.3, 0.4) is 0 Å². The van der Waals surface area contributed by atoms with Crippen LogP contribution in [0.1, 0.15) is 54.4 Å². The minimum atomic E-state index is -0.758. The zero-order valence-electron chi connectivity index (χ0n) is 20.1. The molecular weight excluding hydrogens is 406 g/mol. The molecule has 0 spiro atoms. The second kappa shape index (κ2) is 12.8. The highest BCUT2D eigenvalue weighted by atomic mass is 16.5. The molecular formula is C26H37NO5. The molecule has 0 aromatic carbocycles. The molecule has 6 nitrogen and oxygen atoms in total. The first kappa shape index (κ1) is 27.1. The second-order valence-electron chi connectivity index (χ2n) is 9.11. The van der Waals surface area contributed by atoms with Gasteiger partial charge in [-0.1, -0.05) is 69.7 Å². The molecule has 0 radical (unpaired) electrons. The molecule has 0 unspecified atom stereocenters.